The highest BCUT2D eigenvalue weighted by molar-refractivity contribution is 7.13. The van der Waals surface area contributed by atoms with Crippen molar-refractivity contribution in [3.63, 3.8) is 0 Å². The minimum Gasteiger partial charge on any atom is -0.414 e. The second kappa shape index (κ2) is 9.33. The van der Waals surface area contributed by atoms with Crippen LogP contribution in [0.2, 0.25) is 0 Å². The van der Waals surface area contributed by atoms with Crippen LogP contribution in [0, 0.1) is 0 Å². The van der Waals surface area contributed by atoms with Gasteiger partial charge < -0.3 is 14.6 Å². The number of nitrogens with one attached hydrogen (secondary N) is 2. The zero-order valence-electron chi connectivity index (χ0n) is 16.7. The molecule has 0 fully saturated rings. The van der Waals surface area contributed by atoms with Crippen molar-refractivity contribution in [3.8, 4) is 10.8 Å². The van der Waals surface area contributed by atoms with Gasteiger partial charge in [0.05, 0.1) is 17.5 Å². The third-order valence-electron chi connectivity index (χ3n) is 5.32. The fraction of sp³-hybridized carbons (Fsp3) is 0.409. The van der Waals surface area contributed by atoms with Crippen LogP contribution in [0.3, 0.4) is 0 Å². The van der Waals surface area contributed by atoms with Gasteiger partial charge in [0, 0.05) is 0 Å². The number of aryl methyl sites for hydroxylation is 1. The third-order valence-corrected chi connectivity index (χ3v) is 6.18. The molecule has 1 aromatic carbocycles. The number of aromatic nitrogens is 2. The molecular formula is C22H27N4O2S+. The maximum atomic E-state index is 12.8. The number of benzene rings is 1. The smallest absolute Gasteiger partial charge is 0.275 e. The first kappa shape index (κ1) is 19.8. The molecule has 2 N–H and O–H groups in total. The van der Waals surface area contributed by atoms with Gasteiger partial charge in [-0.3, -0.25) is 4.79 Å². The average molecular weight is 412 g/mol. The number of fused-ring (bicyclic) bond motifs is 1. The lowest BCUT2D eigenvalue weighted by atomic mass is 9.88. The first-order valence-corrected chi connectivity index (χ1v) is 11.2. The Balaban J connectivity index is 1.38. The number of hydrogen-bond donors (Lipinski definition) is 2. The van der Waals surface area contributed by atoms with Gasteiger partial charge in [0.1, 0.15) is 0 Å². The molecule has 0 saturated carbocycles. The number of quaternary nitrogens is 1. The van der Waals surface area contributed by atoms with Crippen molar-refractivity contribution < 1.29 is 14.1 Å². The molecule has 0 spiro atoms. The van der Waals surface area contributed by atoms with Crippen LogP contribution in [0.25, 0.3) is 10.8 Å². The van der Waals surface area contributed by atoms with Crippen LogP contribution in [-0.2, 0) is 17.8 Å². The fourth-order valence-electron chi connectivity index (χ4n) is 4.01. The van der Waals surface area contributed by atoms with E-state index in [0.717, 1.165) is 42.0 Å². The maximum absolute atomic E-state index is 12.8. The van der Waals surface area contributed by atoms with Gasteiger partial charge in [-0.25, -0.2) is 0 Å². The SMILES string of the molecule is CCC[NH+](CC(=O)N[C@H]1CCCc2ccccc21)Cc1nnc(-c2cccs2)o1. The molecule has 0 bridgehead atoms. The van der Waals surface area contributed by atoms with Crippen molar-refractivity contribution in [2.45, 2.75) is 45.2 Å². The molecule has 7 heteroatoms. The average Bonchev–Trinajstić information content (AvgIpc) is 3.40. The zero-order chi connectivity index (χ0) is 20.1. The predicted octanol–water partition coefficient (Wildman–Crippen LogP) is 2.79. The number of carbonyl (C=O) groups is 1. The summed E-state index contributed by atoms with van der Waals surface area (Å²) in [5.41, 5.74) is 2.62. The maximum Gasteiger partial charge on any atom is 0.275 e. The van der Waals surface area contributed by atoms with Gasteiger partial charge in [0.25, 0.3) is 17.7 Å². The molecule has 6 nitrogen and oxygen atoms in total. The minimum atomic E-state index is 0.0770. The van der Waals surface area contributed by atoms with E-state index in [2.05, 4.69) is 46.7 Å². The molecule has 29 heavy (non-hydrogen) atoms. The van der Waals surface area contributed by atoms with E-state index in [-0.39, 0.29) is 11.9 Å². The second-order valence-electron chi connectivity index (χ2n) is 7.54. The summed E-state index contributed by atoms with van der Waals surface area (Å²) in [5, 5.41) is 13.6. The van der Waals surface area contributed by atoms with E-state index >= 15 is 0 Å². The zero-order valence-corrected chi connectivity index (χ0v) is 17.5. The highest BCUT2D eigenvalue weighted by Crippen LogP contribution is 2.29. The molecule has 0 radical (unpaired) electrons. The lowest BCUT2D eigenvalue weighted by Crippen LogP contribution is -3.12. The number of rotatable bonds is 8. The quantitative estimate of drug-likeness (QED) is 0.598. The molecule has 0 saturated heterocycles. The summed E-state index contributed by atoms with van der Waals surface area (Å²) in [5.74, 6) is 1.20. The van der Waals surface area contributed by atoms with Crippen molar-refractivity contribution in [2.24, 2.45) is 0 Å². The Morgan fingerprint density at radius 2 is 2.17 bits per heavy atom. The van der Waals surface area contributed by atoms with Gasteiger partial charge in [-0.2, -0.15) is 0 Å². The molecule has 1 amide bonds. The number of nitrogens with zero attached hydrogens (tertiary/aromatic N) is 2. The summed E-state index contributed by atoms with van der Waals surface area (Å²) < 4.78 is 5.82. The first-order chi connectivity index (χ1) is 14.2. The normalized spacial score (nSPS) is 16.9. The largest absolute Gasteiger partial charge is 0.414 e. The summed E-state index contributed by atoms with van der Waals surface area (Å²) >= 11 is 1.58. The van der Waals surface area contributed by atoms with Crippen LogP contribution in [0.5, 0.6) is 0 Å². The molecule has 0 aliphatic heterocycles. The summed E-state index contributed by atoms with van der Waals surface area (Å²) in [4.78, 5) is 14.9. The van der Waals surface area contributed by atoms with E-state index in [4.69, 9.17) is 4.42 Å². The molecule has 1 unspecified atom stereocenters. The van der Waals surface area contributed by atoms with Crippen LogP contribution >= 0.6 is 11.3 Å². The third kappa shape index (κ3) is 4.92. The molecule has 2 aromatic heterocycles. The van der Waals surface area contributed by atoms with Crippen LogP contribution in [0.4, 0.5) is 0 Å². The van der Waals surface area contributed by atoms with Crippen molar-refractivity contribution in [2.75, 3.05) is 13.1 Å². The van der Waals surface area contributed by atoms with Gasteiger partial charge in [0.15, 0.2) is 13.1 Å². The van der Waals surface area contributed by atoms with Crippen molar-refractivity contribution in [1.29, 1.82) is 0 Å². The Morgan fingerprint density at radius 1 is 1.28 bits per heavy atom. The topological polar surface area (TPSA) is 72.5 Å². The van der Waals surface area contributed by atoms with Gasteiger partial charge >= 0.3 is 0 Å². The van der Waals surface area contributed by atoms with Crippen LogP contribution in [0.1, 0.15) is 49.2 Å². The van der Waals surface area contributed by atoms with E-state index in [1.165, 1.54) is 11.1 Å². The molecule has 4 rings (SSSR count). The van der Waals surface area contributed by atoms with E-state index in [1.54, 1.807) is 11.3 Å². The van der Waals surface area contributed by atoms with Crippen LogP contribution < -0.4 is 10.2 Å². The predicted molar refractivity (Wildman–Crippen MR) is 113 cm³/mol. The van der Waals surface area contributed by atoms with Crippen LogP contribution in [-0.4, -0.2) is 29.2 Å². The Morgan fingerprint density at radius 3 is 3.00 bits per heavy atom. The highest BCUT2D eigenvalue weighted by atomic mass is 32.1. The Bertz CT molecular complexity index is 938. The standard InChI is InChI=1S/C22H26N4O2S/c1-2-12-26(15-21-24-25-22(28-21)19-11-6-13-29-19)14-20(27)23-18-10-5-8-16-7-3-4-9-17(16)18/h3-4,6-7,9,11,13,18H,2,5,8,10,12,14-15H2,1H3,(H,23,27)/p+1/t18-/m0/s1. The second-order valence-corrected chi connectivity index (χ2v) is 8.49. The fourth-order valence-corrected chi connectivity index (χ4v) is 4.65. The monoisotopic (exact) mass is 411 g/mol. The Hall–Kier alpha value is -2.51. The first-order valence-electron chi connectivity index (χ1n) is 10.3. The summed E-state index contributed by atoms with van der Waals surface area (Å²) in [7, 11) is 0. The van der Waals surface area contributed by atoms with Gasteiger partial charge in [-0.05, 0) is 48.3 Å². The van der Waals surface area contributed by atoms with Crippen LogP contribution in [0.15, 0.2) is 46.2 Å². The van der Waals surface area contributed by atoms with Crippen molar-refractivity contribution in [3.05, 3.63) is 58.8 Å². The van der Waals surface area contributed by atoms with Gasteiger partial charge in [-0.15, -0.1) is 21.5 Å². The number of carbonyl (C=O) groups excluding carboxylic acids is 1. The number of thiophene rings is 1. The number of hydrogen-bond acceptors (Lipinski definition) is 5. The summed E-state index contributed by atoms with van der Waals surface area (Å²) in [6.07, 6.45) is 4.20. The minimum absolute atomic E-state index is 0.0770. The molecule has 2 atom stereocenters. The molecule has 152 valence electrons. The molecule has 2 heterocycles. The van der Waals surface area contributed by atoms with E-state index in [0.29, 0.717) is 24.9 Å². The Kier molecular flexibility index (Phi) is 6.36. The Labute approximate surface area is 175 Å². The molecular weight excluding hydrogens is 384 g/mol. The van der Waals surface area contributed by atoms with Gasteiger partial charge in [-0.1, -0.05) is 37.3 Å². The molecule has 1 aliphatic carbocycles. The van der Waals surface area contributed by atoms with E-state index in [1.807, 2.05) is 17.5 Å². The molecule has 3 aromatic rings. The highest BCUT2D eigenvalue weighted by Gasteiger charge is 2.24. The van der Waals surface area contributed by atoms with E-state index in [9.17, 15) is 4.79 Å². The van der Waals surface area contributed by atoms with Gasteiger partial charge in [0.2, 0.25) is 0 Å². The lowest BCUT2D eigenvalue weighted by Gasteiger charge is -2.27. The summed E-state index contributed by atoms with van der Waals surface area (Å²) in [6.45, 7) is 3.97. The van der Waals surface area contributed by atoms with Crippen molar-refractivity contribution in [1.82, 2.24) is 15.5 Å². The molecule has 1 aliphatic rings. The van der Waals surface area contributed by atoms with E-state index < -0.39 is 0 Å². The summed E-state index contributed by atoms with van der Waals surface area (Å²) in [6, 6.07) is 12.5. The van der Waals surface area contributed by atoms with Crippen molar-refractivity contribution >= 4 is 17.2 Å². The lowest BCUT2D eigenvalue weighted by molar-refractivity contribution is -0.907. The number of amides is 1.